The predicted molar refractivity (Wildman–Crippen MR) is 100 cm³/mol. The van der Waals surface area contributed by atoms with Crippen LogP contribution in [0.1, 0.15) is 29.3 Å². The molecule has 0 spiro atoms. The summed E-state index contributed by atoms with van der Waals surface area (Å²) in [7, 11) is 0. The van der Waals surface area contributed by atoms with Crippen molar-refractivity contribution in [1.29, 1.82) is 0 Å². The SMILES string of the molecule is Fc1ccccc1C1SC=CN1C1CCN(Cc2cccnc2)CC1. The molecule has 0 saturated carbocycles. The standard InChI is InChI=1S/C20H22FN3S/c21-19-6-2-1-5-18(19)20-24(12-13-25-20)17-7-10-23(11-8-17)15-16-4-3-9-22-14-16/h1-6,9,12-14,17,20H,7-8,10-11,15H2. The lowest BCUT2D eigenvalue weighted by Crippen LogP contribution is -2.42. The Morgan fingerprint density at radius 1 is 1.12 bits per heavy atom. The summed E-state index contributed by atoms with van der Waals surface area (Å²) in [5.41, 5.74) is 2.05. The Labute approximate surface area is 152 Å². The highest BCUT2D eigenvalue weighted by molar-refractivity contribution is 8.02. The molecule has 25 heavy (non-hydrogen) atoms. The summed E-state index contributed by atoms with van der Waals surface area (Å²) in [4.78, 5) is 9.03. The first-order valence-electron chi connectivity index (χ1n) is 8.76. The Hall–Kier alpha value is -1.85. The first-order chi connectivity index (χ1) is 12.3. The van der Waals surface area contributed by atoms with E-state index in [1.807, 2.05) is 30.6 Å². The van der Waals surface area contributed by atoms with Crippen LogP contribution in [0.2, 0.25) is 0 Å². The second-order valence-corrected chi connectivity index (χ2v) is 7.60. The second-order valence-electron chi connectivity index (χ2n) is 6.61. The zero-order chi connectivity index (χ0) is 17.1. The molecule has 5 heteroatoms. The smallest absolute Gasteiger partial charge is 0.129 e. The van der Waals surface area contributed by atoms with Crippen molar-refractivity contribution in [2.45, 2.75) is 30.8 Å². The van der Waals surface area contributed by atoms with Gasteiger partial charge in [0.25, 0.3) is 0 Å². The lowest BCUT2D eigenvalue weighted by atomic mass is 10.0. The molecule has 0 bridgehead atoms. The Morgan fingerprint density at radius 3 is 2.72 bits per heavy atom. The quantitative estimate of drug-likeness (QED) is 0.809. The number of thioether (sulfide) groups is 1. The lowest BCUT2D eigenvalue weighted by Gasteiger charge is -2.39. The van der Waals surface area contributed by atoms with E-state index in [1.54, 1.807) is 23.9 Å². The van der Waals surface area contributed by atoms with E-state index < -0.39 is 0 Å². The summed E-state index contributed by atoms with van der Waals surface area (Å²) < 4.78 is 14.2. The molecule has 0 aliphatic carbocycles. The van der Waals surface area contributed by atoms with E-state index in [9.17, 15) is 4.39 Å². The highest BCUT2D eigenvalue weighted by Gasteiger charge is 2.32. The van der Waals surface area contributed by atoms with Gasteiger partial charge in [0.05, 0.1) is 0 Å². The van der Waals surface area contributed by atoms with Crippen LogP contribution in [0.4, 0.5) is 4.39 Å². The minimum atomic E-state index is -0.109. The number of likely N-dealkylation sites (tertiary alicyclic amines) is 1. The van der Waals surface area contributed by atoms with Gasteiger partial charge in [0.1, 0.15) is 11.2 Å². The third-order valence-corrected chi connectivity index (χ3v) is 6.02. The molecule has 4 rings (SSSR count). The van der Waals surface area contributed by atoms with Gasteiger partial charge in [-0.05, 0) is 35.9 Å². The van der Waals surface area contributed by atoms with Crippen molar-refractivity contribution in [3.8, 4) is 0 Å². The number of pyridine rings is 1. The van der Waals surface area contributed by atoms with Gasteiger partial charge in [-0.15, -0.1) is 11.8 Å². The number of hydrogen-bond acceptors (Lipinski definition) is 4. The molecule has 1 atom stereocenters. The fraction of sp³-hybridized carbons (Fsp3) is 0.350. The van der Waals surface area contributed by atoms with E-state index >= 15 is 0 Å². The highest BCUT2D eigenvalue weighted by atomic mass is 32.2. The molecule has 0 radical (unpaired) electrons. The summed E-state index contributed by atoms with van der Waals surface area (Å²) in [5, 5.41) is 2.16. The molecule has 2 aliphatic rings. The molecule has 1 unspecified atom stereocenters. The lowest BCUT2D eigenvalue weighted by molar-refractivity contribution is 0.131. The Bertz CT molecular complexity index is 729. The maximum absolute atomic E-state index is 14.2. The van der Waals surface area contributed by atoms with Crippen LogP contribution in [0.25, 0.3) is 0 Å². The average Bonchev–Trinajstić information content (AvgIpc) is 3.13. The summed E-state index contributed by atoms with van der Waals surface area (Å²) >= 11 is 1.70. The van der Waals surface area contributed by atoms with Crippen molar-refractivity contribution < 1.29 is 4.39 Å². The second kappa shape index (κ2) is 7.58. The largest absolute Gasteiger partial charge is 0.358 e. The number of halogens is 1. The van der Waals surface area contributed by atoms with Gasteiger partial charge >= 0.3 is 0 Å². The zero-order valence-corrected chi connectivity index (χ0v) is 14.9. The number of rotatable bonds is 4. The van der Waals surface area contributed by atoms with Crippen LogP contribution in [0.15, 0.2) is 60.4 Å². The van der Waals surface area contributed by atoms with Gasteiger partial charge in [-0.2, -0.15) is 0 Å². The number of benzene rings is 1. The molecular formula is C20H22FN3S. The van der Waals surface area contributed by atoms with Gasteiger partial charge in [0.15, 0.2) is 0 Å². The Morgan fingerprint density at radius 2 is 1.96 bits per heavy atom. The molecular weight excluding hydrogens is 333 g/mol. The molecule has 0 amide bonds. The number of hydrogen-bond donors (Lipinski definition) is 0. The van der Waals surface area contributed by atoms with Crippen molar-refractivity contribution in [1.82, 2.24) is 14.8 Å². The van der Waals surface area contributed by atoms with Crippen LogP contribution < -0.4 is 0 Å². The van der Waals surface area contributed by atoms with Crippen LogP contribution in [0, 0.1) is 5.82 Å². The Kier molecular flexibility index (Phi) is 5.04. The maximum Gasteiger partial charge on any atom is 0.129 e. The van der Waals surface area contributed by atoms with E-state index in [2.05, 4.69) is 32.5 Å². The average molecular weight is 355 g/mol. The van der Waals surface area contributed by atoms with Crippen molar-refractivity contribution in [2.24, 2.45) is 0 Å². The Balaban J connectivity index is 1.38. The molecule has 2 aromatic rings. The number of aromatic nitrogens is 1. The van der Waals surface area contributed by atoms with Crippen LogP contribution in [0.3, 0.4) is 0 Å². The van der Waals surface area contributed by atoms with Crippen molar-refractivity contribution >= 4 is 11.8 Å². The highest BCUT2D eigenvalue weighted by Crippen LogP contribution is 2.42. The van der Waals surface area contributed by atoms with Crippen LogP contribution in [0.5, 0.6) is 0 Å². The molecule has 0 N–H and O–H groups in total. The third-order valence-electron chi connectivity index (χ3n) is 4.99. The van der Waals surface area contributed by atoms with Gasteiger partial charge in [-0.25, -0.2) is 4.39 Å². The van der Waals surface area contributed by atoms with Crippen LogP contribution >= 0.6 is 11.8 Å². The van der Waals surface area contributed by atoms with Crippen LogP contribution in [-0.4, -0.2) is 33.9 Å². The van der Waals surface area contributed by atoms with Crippen molar-refractivity contribution in [3.63, 3.8) is 0 Å². The molecule has 1 aromatic heterocycles. The van der Waals surface area contributed by atoms with E-state index in [-0.39, 0.29) is 11.2 Å². The van der Waals surface area contributed by atoms with Gasteiger partial charge in [-0.3, -0.25) is 9.88 Å². The number of piperidine rings is 1. The van der Waals surface area contributed by atoms with E-state index in [0.717, 1.165) is 38.0 Å². The fourth-order valence-electron chi connectivity index (χ4n) is 3.68. The zero-order valence-electron chi connectivity index (χ0n) is 14.1. The summed E-state index contributed by atoms with van der Waals surface area (Å²) in [6, 6.07) is 11.7. The predicted octanol–water partition coefficient (Wildman–Crippen LogP) is 4.40. The van der Waals surface area contributed by atoms with E-state index in [4.69, 9.17) is 0 Å². The molecule has 1 fully saturated rings. The first-order valence-corrected chi connectivity index (χ1v) is 9.71. The summed E-state index contributed by atoms with van der Waals surface area (Å²) in [6.45, 7) is 3.10. The molecule has 3 nitrogen and oxygen atoms in total. The minimum absolute atomic E-state index is 0.0658. The normalized spacial score (nSPS) is 21.8. The van der Waals surface area contributed by atoms with E-state index in [1.165, 1.54) is 5.56 Å². The van der Waals surface area contributed by atoms with Crippen LogP contribution in [-0.2, 0) is 6.54 Å². The third kappa shape index (κ3) is 3.72. The molecule has 130 valence electrons. The van der Waals surface area contributed by atoms with Gasteiger partial charge < -0.3 is 4.90 Å². The molecule has 1 aromatic carbocycles. The minimum Gasteiger partial charge on any atom is -0.358 e. The molecule has 1 saturated heterocycles. The topological polar surface area (TPSA) is 19.4 Å². The molecule has 2 aliphatic heterocycles. The van der Waals surface area contributed by atoms with Gasteiger partial charge in [0, 0.05) is 49.8 Å². The van der Waals surface area contributed by atoms with Crippen molar-refractivity contribution in [2.75, 3.05) is 13.1 Å². The van der Waals surface area contributed by atoms with E-state index in [0.29, 0.717) is 6.04 Å². The fourth-order valence-corrected chi connectivity index (χ4v) is 4.76. The first kappa shape index (κ1) is 16.6. The molecule has 3 heterocycles. The van der Waals surface area contributed by atoms with Gasteiger partial charge in [0.2, 0.25) is 0 Å². The van der Waals surface area contributed by atoms with Crippen molar-refractivity contribution in [3.05, 3.63) is 77.3 Å². The van der Waals surface area contributed by atoms with Gasteiger partial charge in [-0.1, -0.05) is 24.3 Å². The summed E-state index contributed by atoms with van der Waals surface area (Å²) in [5.74, 6) is -0.109. The maximum atomic E-state index is 14.2. The summed E-state index contributed by atoms with van der Waals surface area (Å²) in [6.07, 6.45) is 8.12. The number of nitrogens with zero attached hydrogens (tertiary/aromatic N) is 3. The monoisotopic (exact) mass is 355 g/mol.